The third kappa shape index (κ3) is 8.44. The smallest absolute Gasteiger partial charge is 0.412 e. The summed E-state index contributed by atoms with van der Waals surface area (Å²) < 4.78 is 28.6. The van der Waals surface area contributed by atoms with E-state index in [9.17, 15) is 9.13 Å². The molecule has 0 aliphatic rings. The maximum Gasteiger partial charge on any atom is 0.535 e. The van der Waals surface area contributed by atoms with Crippen LogP contribution in [0, 0.1) is 0 Å². The molecule has 0 bridgehead atoms. The lowest BCUT2D eigenvalue weighted by atomic mass is 10.3. The summed E-state index contributed by atoms with van der Waals surface area (Å²) in [7, 11) is -9.72. The molecule has 0 fully saturated rings. The largest absolute Gasteiger partial charge is 0.535 e. The van der Waals surface area contributed by atoms with Gasteiger partial charge < -0.3 is 14.3 Å². The van der Waals surface area contributed by atoms with E-state index >= 15 is 0 Å². The molecular formula is C5H12O7P2. The number of rotatable bonds is 6. The summed E-state index contributed by atoms with van der Waals surface area (Å²) in [5.74, 6) is 0. The Morgan fingerprint density at radius 3 is 2.29 bits per heavy atom. The highest BCUT2D eigenvalue weighted by Gasteiger charge is 2.32. The lowest BCUT2D eigenvalue weighted by molar-refractivity contribution is 0.216. The molecule has 0 saturated heterocycles. The zero-order valence-corrected chi connectivity index (χ0v) is 9.23. The van der Waals surface area contributed by atoms with Crippen LogP contribution in [0.15, 0.2) is 12.3 Å². The van der Waals surface area contributed by atoms with Crippen molar-refractivity contribution in [2.24, 2.45) is 0 Å². The van der Waals surface area contributed by atoms with Crippen molar-refractivity contribution in [1.29, 1.82) is 0 Å². The summed E-state index contributed by atoms with van der Waals surface area (Å²) in [6.45, 7) is 1.88. The van der Waals surface area contributed by atoms with Gasteiger partial charge in [-0.15, -0.1) is 0 Å². The predicted molar refractivity (Wildman–Crippen MR) is 48.1 cm³/mol. The molecule has 1 unspecified atom stereocenters. The molecule has 0 aliphatic heterocycles. The summed E-state index contributed by atoms with van der Waals surface area (Å²) in [4.78, 5) is 25.1. The van der Waals surface area contributed by atoms with Crippen LogP contribution in [0.25, 0.3) is 0 Å². The van der Waals surface area contributed by atoms with Gasteiger partial charge in [-0.25, -0.2) is 9.13 Å². The number of hydrogen-bond acceptors (Lipinski definition) is 4. The second kappa shape index (κ2) is 5.66. The van der Waals surface area contributed by atoms with Crippen molar-refractivity contribution >= 4 is 15.6 Å². The Balaban J connectivity index is 4.09. The molecule has 84 valence electrons. The van der Waals surface area contributed by atoms with Gasteiger partial charge in [0.05, 0.1) is 6.26 Å². The van der Waals surface area contributed by atoms with Crippen molar-refractivity contribution in [1.82, 2.24) is 0 Å². The van der Waals surface area contributed by atoms with Gasteiger partial charge in [0, 0.05) is 0 Å². The summed E-state index contributed by atoms with van der Waals surface area (Å²) in [6, 6.07) is 0. The first-order chi connectivity index (χ1) is 6.27. The van der Waals surface area contributed by atoms with Crippen LogP contribution in [0.5, 0.6) is 0 Å². The van der Waals surface area contributed by atoms with Gasteiger partial charge in [0.15, 0.2) is 0 Å². The Hall–Kier alpha value is -0.160. The van der Waals surface area contributed by atoms with E-state index in [-0.39, 0.29) is 0 Å². The Morgan fingerprint density at radius 2 is 1.86 bits per heavy atom. The van der Waals surface area contributed by atoms with Crippen molar-refractivity contribution in [2.45, 2.75) is 19.8 Å². The fraction of sp³-hybridized carbons (Fsp3) is 0.600. The fourth-order valence-electron chi connectivity index (χ4n) is 0.508. The van der Waals surface area contributed by atoms with Crippen molar-refractivity contribution < 1.29 is 32.6 Å². The zero-order chi connectivity index (χ0) is 11.2. The first-order valence-electron chi connectivity index (χ1n) is 3.70. The van der Waals surface area contributed by atoms with E-state index in [0.29, 0.717) is 6.42 Å². The minimum atomic E-state index is -5.01. The molecule has 0 spiro atoms. The average molecular weight is 246 g/mol. The van der Waals surface area contributed by atoms with Gasteiger partial charge in [-0.1, -0.05) is 13.3 Å². The highest BCUT2D eigenvalue weighted by molar-refractivity contribution is 7.60. The Kier molecular flexibility index (Phi) is 5.59. The monoisotopic (exact) mass is 246 g/mol. The minimum absolute atomic E-state index is 0.621. The van der Waals surface area contributed by atoms with Gasteiger partial charge in [-0.05, 0) is 12.5 Å². The molecule has 0 heterocycles. The Bertz CT molecular complexity index is 280. The predicted octanol–water partition coefficient (Wildman–Crippen LogP) is 1.53. The molecule has 9 heteroatoms. The maximum absolute atomic E-state index is 10.8. The van der Waals surface area contributed by atoms with Crippen LogP contribution in [-0.2, 0) is 18.0 Å². The van der Waals surface area contributed by atoms with Gasteiger partial charge in [-0.3, -0.25) is 4.89 Å². The van der Waals surface area contributed by atoms with Crippen molar-refractivity contribution in [3.05, 3.63) is 12.3 Å². The number of phosphoric acid groups is 2. The molecule has 0 saturated carbocycles. The van der Waals surface area contributed by atoms with E-state index < -0.39 is 15.6 Å². The number of unbranched alkanes of at least 4 members (excludes halogenated alkanes) is 1. The topological polar surface area (TPSA) is 113 Å². The standard InChI is InChI=1S/C5H12O7P2/c1-2-3-4-5-11-14(9,10)12-13(6,7)8/h4-5H,2-3H2,1H3,(H,9,10)(H2,6,7,8). The quantitative estimate of drug-likeness (QED) is 0.481. The van der Waals surface area contributed by atoms with Crippen LogP contribution < -0.4 is 0 Å². The molecular weight excluding hydrogens is 234 g/mol. The molecule has 0 aromatic heterocycles. The minimum Gasteiger partial charge on any atom is -0.412 e. The van der Waals surface area contributed by atoms with Crippen LogP contribution >= 0.6 is 15.6 Å². The third-order valence-electron chi connectivity index (χ3n) is 0.955. The normalized spacial score (nSPS) is 16.9. The second-order valence-corrected chi connectivity index (χ2v) is 5.09. The lowest BCUT2D eigenvalue weighted by Crippen LogP contribution is -1.88. The Labute approximate surface area is 81.2 Å². The van der Waals surface area contributed by atoms with Crippen molar-refractivity contribution in [2.75, 3.05) is 0 Å². The molecule has 0 radical (unpaired) electrons. The van der Waals surface area contributed by atoms with E-state index in [1.165, 1.54) is 6.08 Å². The molecule has 7 nitrogen and oxygen atoms in total. The van der Waals surface area contributed by atoms with E-state index in [1.54, 1.807) is 0 Å². The summed E-state index contributed by atoms with van der Waals surface area (Å²) in [5.41, 5.74) is 0. The molecule has 0 amide bonds. The molecule has 14 heavy (non-hydrogen) atoms. The molecule has 1 atom stereocenters. The number of allylic oxidation sites excluding steroid dienone is 1. The summed E-state index contributed by atoms with van der Waals surface area (Å²) >= 11 is 0. The average Bonchev–Trinajstić information content (AvgIpc) is 1.93. The fourth-order valence-corrected chi connectivity index (χ4v) is 1.98. The van der Waals surface area contributed by atoms with Gasteiger partial charge >= 0.3 is 15.6 Å². The highest BCUT2D eigenvalue weighted by Crippen LogP contribution is 2.57. The van der Waals surface area contributed by atoms with Gasteiger partial charge in [-0.2, -0.15) is 4.31 Å². The van der Waals surface area contributed by atoms with Crippen molar-refractivity contribution in [3.8, 4) is 0 Å². The second-order valence-electron chi connectivity index (χ2n) is 2.31. The maximum atomic E-state index is 10.8. The molecule has 0 rings (SSSR count). The zero-order valence-electron chi connectivity index (χ0n) is 7.44. The van der Waals surface area contributed by atoms with Gasteiger partial charge in [0.25, 0.3) is 0 Å². The summed E-state index contributed by atoms with van der Waals surface area (Å²) in [5, 5.41) is 0. The first-order valence-corrected chi connectivity index (χ1v) is 6.72. The van der Waals surface area contributed by atoms with E-state index in [2.05, 4.69) is 8.83 Å². The third-order valence-corrected chi connectivity index (χ3v) is 3.02. The SMILES string of the molecule is CCCC=COP(=O)(O)OP(=O)(O)O. The van der Waals surface area contributed by atoms with Crippen LogP contribution in [0.1, 0.15) is 19.8 Å². The Morgan fingerprint density at radius 1 is 1.29 bits per heavy atom. The van der Waals surface area contributed by atoms with E-state index in [1.807, 2.05) is 6.92 Å². The molecule has 0 aromatic carbocycles. The van der Waals surface area contributed by atoms with Crippen LogP contribution in [0.4, 0.5) is 0 Å². The van der Waals surface area contributed by atoms with E-state index in [0.717, 1.165) is 12.7 Å². The van der Waals surface area contributed by atoms with Gasteiger partial charge in [0.1, 0.15) is 0 Å². The van der Waals surface area contributed by atoms with Gasteiger partial charge in [0.2, 0.25) is 0 Å². The number of phosphoric ester groups is 1. The highest BCUT2D eigenvalue weighted by atomic mass is 31.3. The first kappa shape index (κ1) is 13.8. The molecule has 0 aliphatic carbocycles. The number of hydrogen-bond donors (Lipinski definition) is 3. The van der Waals surface area contributed by atoms with Crippen LogP contribution in [-0.4, -0.2) is 14.7 Å². The van der Waals surface area contributed by atoms with Crippen LogP contribution in [0.2, 0.25) is 0 Å². The van der Waals surface area contributed by atoms with Crippen LogP contribution in [0.3, 0.4) is 0 Å². The van der Waals surface area contributed by atoms with Crippen molar-refractivity contribution in [3.63, 3.8) is 0 Å². The molecule has 3 N–H and O–H groups in total. The lowest BCUT2D eigenvalue weighted by Gasteiger charge is -2.09. The van der Waals surface area contributed by atoms with E-state index in [4.69, 9.17) is 14.7 Å². The summed E-state index contributed by atoms with van der Waals surface area (Å²) in [6.07, 6.45) is 3.75. The molecule has 0 aromatic rings.